The van der Waals surface area contributed by atoms with Crippen molar-refractivity contribution < 1.29 is 4.21 Å². The summed E-state index contributed by atoms with van der Waals surface area (Å²) in [7, 11) is -0.758. The summed E-state index contributed by atoms with van der Waals surface area (Å²) in [5, 5.41) is 0. The zero-order valence-electron chi connectivity index (χ0n) is 6.74. The Hall–Kier alpha value is 1.29. The summed E-state index contributed by atoms with van der Waals surface area (Å²) in [5.74, 6) is 1.28. The van der Waals surface area contributed by atoms with E-state index in [1.165, 1.54) is 0 Å². The van der Waals surface area contributed by atoms with Crippen LogP contribution in [0.4, 0.5) is 0 Å². The molecule has 0 saturated heterocycles. The normalized spacial score (nSPS) is 16.0. The maximum atomic E-state index is 11.5. The van der Waals surface area contributed by atoms with Gasteiger partial charge in [-0.15, -0.1) is 0 Å². The fraction of sp³-hybridized carbons (Fsp3) is 0.250. The molecule has 1 aliphatic heterocycles. The molecule has 0 saturated carbocycles. The maximum absolute atomic E-state index is 11.5. The van der Waals surface area contributed by atoms with Gasteiger partial charge in [0.2, 0.25) is 0 Å². The van der Waals surface area contributed by atoms with Crippen molar-refractivity contribution in [1.82, 2.24) is 0 Å². The monoisotopic (exact) mass is 464 g/mol. The first-order valence-corrected chi connectivity index (χ1v) is 8.37. The van der Waals surface area contributed by atoms with Crippen LogP contribution in [0.3, 0.4) is 0 Å². The first-order valence-electron chi connectivity index (χ1n) is 3.71. The van der Waals surface area contributed by atoms with E-state index >= 15 is 0 Å². The highest BCUT2D eigenvalue weighted by Gasteiger charge is 2.26. The average molecular weight is 468 g/mol. The molecule has 0 atom stereocenters. The van der Waals surface area contributed by atoms with E-state index in [1.54, 1.807) is 0 Å². The summed E-state index contributed by atoms with van der Waals surface area (Å²) in [6, 6.07) is 0. The van der Waals surface area contributed by atoms with E-state index in [1.807, 2.05) is 0 Å². The van der Waals surface area contributed by atoms with Crippen LogP contribution in [-0.2, 0) is 22.3 Å². The van der Waals surface area contributed by atoms with Crippen LogP contribution in [0.25, 0.3) is 0 Å². The van der Waals surface area contributed by atoms with Crippen LogP contribution in [0.15, 0.2) is 17.9 Å². The Kier molecular flexibility index (Phi) is 3.60. The van der Waals surface area contributed by atoms with Crippen molar-refractivity contribution >= 4 is 74.5 Å². The second kappa shape index (κ2) is 4.28. The third-order valence-electron chi connectivity index (χ3n) is 2.08. The van der Waals surface area contributed by atoms with Crippen molar-refractivity contribution in [2.75, 3.05) is 0 Å². The zero-order chi connectivity index (χ0) is 10.5. The fourth-order valence-electron chi connectivity index (χ4n) is 1.40. The smallest absolute Gasteiger partial charge is 0.0504 e. The molecule has 0 radical (unpaired) electrons. The van der Waals surface area contributed by atoms with Gasteiger partial charge in [0.05, 0.1) is 11.5 Å². The standard InChI is InChI=1S/C8H4Br4OS/c9-5-3-1-14(13)2-4(3)6(10)8(12)7(5)11/h1-2H2. The highest BCUT2D eigenvalue weighted by Crippen LogP contribution is 2.45. The molecule has 0 spiro atoms. The van der Waals surface area contributed by atoms with Gasteiger partial charge in [-0.2, -0.15) is 0 Å². The quantitative estimate of drug-likeness (QED) is 0.406. The minimum Gasteiger partial charge on any atom is -0.259 e. The molecule has 0 amide bonds. The predicted molar refractivity (Wildman–Crippen MR) is 72.8 cm³/mol. The Bertz CT molecular complexity index is 405. The Morgan fingerprint density at radius 1 is 0.786 bits per heavy atom. The van der Waals surface area contributed by atoms with Gasteiger partial charge in [-0.1, -0.05) is 0 Å². The highest BCUT2D eigenvalue weighted by atomic mass is 79.9. The molecule has 2 rings (SSSR count). The summed E-state index contributed by atoms with van der Waals surface area (Å²) in [6.45, 7) is 0. The van der Waals surface area contributed by atoms with Crippen LogP contribution in [0, 0.1) is 0 Å². The Morgan fingerprint density at radius 3 is 1.50 bits per heavy atom. The molecule has 1 heterocycles. The van der Waals surface area contributed by atoms with E-state index in [0.29, 0.717) is 11.5 Å². The van der Waals surface area contributed by atoms with Gasteiger partial charge in [-0.05, 0) is 74.8 Å². The van der Waals surface area contributed by atoms with E-state index < -0.39 is 10.8 Å². The van der Waals surface area contributed by atoms with Gasteiger partial charge in [0, 0.05) is 28.7 Å². The van der Waals surface area contributed by atoms with Crippen molar-refractivity contribution in [2.24, 2.45) is 0 Å². The molecule has 1 nitrogen and oxygen atoms in total. The summed E-state index contributed by atoms with van der Waals surface area (Å²) < 4.78 is 15.4. The van der Waals surface area contributed by atoms with Crippen LogP contribution >= 0.6 is 63.7 Å². The molecule has 0 N–H and O–H groups in total. The minimum absolute atomic E-state index is 0.639. The van der Waals surface area contributed by atoms with Gasteiger partial charge in [0.1, 0.15) is 0 Å². The molecule has 0 bridgehead atoms. The van der Waals surface area contributed by atoms with Gasteiger partial charge in [-0.25, -0.2) is 0 Å². The molecule has 76 valence electrons. The molecule has 14 heavy (non-hydrogen) atoms. The SMILES string of the molecule is O=S1Cc2c(Br)c(Br)c(Br)c(Br)c2C1. The van der Waals surface area contributed by atoms with Crippen LogP contribution in [-0.4, -0.2) is 4.21 Å². The van der Waals surface area contributed by atoms with Gasteiger partial charge < -0.3 is 0 Å². The summed E-state index contributed by atoms with van der Waals surface area (Å²) in [4.78, 5) is 0. The predicted octanol–water partition coefficient (Wildman–Crippen LogP) is 4.50. The third-order valence-corrected chi connectivity index (χ3v) is 8.24. The number of benzene rings is 1. The molecular weight excluding hydrogens is 464 g/mol. The minimum atomic E-state index is -0.758. The van der Waals surface area contributed by atoms with Crippen LogP contribution in [0.1, 0.15) is 11.1 Å². The second-order valence-electron chi connectivity index (χ2n) is 2.94. The number of rotatable bonds is 0. The third kappa shape index (κ3) is 1.81. The molecule has 0 aliphatic carbocycles. The Morgan fingerprint density at radius 2 is 1.14 bits per heavy atom. The lowest BCUT2D eigenvalue weighted by Gasteiger charge is -2.09. The zero-order valence-corrected chi connectivity index (χ0v) is 13.9. The van der Waals surface area contributed by atoms with Gasteiger partial charge in [-0.3, -0.25) is 4.21 Å². The van der Waals surface area contributed by atoms with Crippen LogP contribution < -0.4 is 0 Å². The molecule has 1 aromatic rings. The summed E-state index contributed by atoms with van der Waals surface area (Å²) in [6.07, 6.45) is 0. The van der Waals surface area contributed by atoms with Gasteiger partial charge in [0.25, 0.3) is 0 Å². The van der Waals surface area contributed by atoms with Gasteiger partial charge in [0.15, 0.2) is 0 Å². The molecular formula is C8H4Br4OS. The highest BCUT2D eigenvalue weighted by molar-refractivity contribution is 9.15. The van der Waals surface area contributed by atoms with E-state index in [0.717, 1.165) is 29.0 Å². The number of hydrogen-bond acceptors (Lipinski definition) is 1. The van der Waals surface area contributed by atoms with Crippen molar-refractivity contribution in [3.05, 3.63) is 29.0 Å². The lowest BCUT2D eigenvalue weighted by Crippen LogP contribution is -1.89. The van der Waals surface area contributed by atoms with E-state index in [-0.39, 0.29) is 0 Å². The maximum Gasteiger partial charge on any atom is 0.0504 e. The number of halogens is 4. The average Bonchev–Trinajstić information content (AvgIpc) is 2.54. The molecule has 0 aromatic heterocycles. The fourth-order valence-corrected chi connectivity index (χ4v) is 5.71. The lowest BCUT2D eigenvalue weighted by molar-refractivity contribution is 0.684. The second-order valence-corrected chi connectivity index (χ2v) is 7.57. The summed E-state index contributed by atoms with van der Waals surface area (Å²) >= 11 is 14.0. The number of hydrogen-bond donors (Lipinski definition) is 0. The first-order chi connectivity index (χ1) is 6.52. The molecule has 1 aromatic carbocycles. The van der Waals surface area contributed by atoms with E-state index in [2.05, 4.69) is 63.7 Å². The Labute approximate surface area is 118 Å². The van der Waals surface area contributed by atoms with Gasteiger partial charge >= 0.3 is 0 Å². The lowest BCUT2D eigenvalue weighted by atomic mass is 10.1. The molecule has 6 heteroatoms. The van der Waals surface area contributed by atoms with Crippen LogP contribution in [0.5, 0.6) is 0 Å². The van der Waals surface area contributed by atoms with Crippen molar-refractivity contribution in [3.63, 3.8) is 0 Å². The van der Waals surface area contributed by atoms with E-state index in [4.69, 9.17) is 0 Å². The van der Waals surface area contributed by atoms with Crippen LogP contribution in [0.2, 0.25) is 0 Å². The molecule has 0 fully saturated rings. The van der Waals surface area contributed by atoms with Crippen molar-refractivity contribution in [2.45, 2.75) is 11.5 Å². The summed E-state index contributed by atoms with van der Waals surface area (Å²) in [5.41, 5.74) is 2.29. The van der Waals surface area contributed by atoms with Crippen molar-refractivity contribution in [1.29, 1.82) is 0 Å². The van der Waals surface area contributed by atoms with Crippen molar-refractivity contribution in [3.8, 4) is 0 Å². The van der Waals surface area contributed by atoms with E-state index in [9.17, 15) is 4.21 Å². The topological polar surface area (TPSA) is 17.1 Å². The largest absolute Gasteiger partial charge is 0.259 e. The number of fused-ring (bicyclic) bond motifs is 1. The molecule has 0 unspecified atom stereocenters. The first kappa shape index (κ1) is 11.8. The molecule has 1 aliphatic rings. The Balaban J connectivity index is 2.76.